The van der Waals surface area contributed by atoms with E-state index in [-0.39, 0.29) is 28.2 Å². The number of carbonyl (C=O) groups is 2. The average molecular weight is 383 g/mol. The van der Waals surface area contributed by atoms with Crippen LogP contribution in [0.15, 0.2) is 36.4 Å². The minimum absolute atomic E-state index is 0.0265. The Morgan fingerprint density at radius 1 is 1.12 bits per heavy atom. The Morgan fingerprint density at radius 3 is 2.46 bits per heavy atom. The van der Waals surface area contributed by atoms with Crippen LogP contribution in [-0.2, 0) is 11.0 Å². The van der Waals surface area contributed by atoms with Crippen LogP contribution < -0.4 is 4.74 Å². The summed E-state index contributed by atoms with van der Waals surface area (Å²) in [6.07, 6.45) is -4.51. The van der Waals surface area contributed by atoms with Crippen molar-refractivity contribution in [1.82, 2.24) is 0 Å². The van der Waals surface area contributed by atoms with Crippen LogP contribution in [0, 0.1) is 11.8 Å². The lowest BCUT2D eigenvalue weighted by atomic mass is 10.0. The number of ketones is 1. The molecule has 1 fully saturated rings. The molecule has 0 radical (unpaired) electrons. The number of halogens is 4. The summed E-state index contributed by atoms with van der Waals surface area (Å²) in [4.78, 5) is 23.4. The van der Waals surface area contributed by atoms with E-state index in [1.807, 2.05) is 0 Å². The van der Waals surface area contributed by atoms with E-state index in [4.69, 9.17) is 21.4 Å². The van der Waals surface area contributed by atoms with Crippen molar-refractivity contribution in [2.24, 2.45) is 11.8 Å². The summed E-state index contributed by atoms with van der Waals surface area (Å²) >= 11 is 5.86. The van der Waals surface area contributed by atoms with E-state index in [0.717, 1.165) is 18.2 Å². The van der Waals surface area contributed by atoms with Crippen molar-refractivity contribution in [2.45, 2.75) is 12.1 Å². The normalized spacial score (nSPS) is 23.4. The van der Waals surface area contributed by atoms with Crippen LogP contribution in [0.3, 0.4) is 0 Å². The first-order chi connectivity index (χ1) is 12.2. The van der Waals surface area contributed by atoms with Gasteiger partial charge in [0.15, 0.2) is 5.78 Å². The zero-order chi connectivity index (χ0) is 18.8. The van der Waals surface area contributed by atoms with Gasteiger partial charge in [-0.2, -0.15) is 13.2 Å². The second-order valence-electron chi connectivity index (χ2n) is 6.27. The van der Waals surface area contributed by atoms with E-state index in [1.165, 1.54) is 6.07 Å². The van der Waals surface area contributed by atoms with Gasteiger partial charge in [0, 0.05) is 17.4 Å². The van der Waals surface area contributed by atoms with Crippen LogP contribution in [0.4, 0.5) is 13.2 Å². The zero-order valence-corrected chi connectivity index (χ0v) is 13.6. The topological polar surface area (TPSA) is 63.6 Å². The maximum absolute atomic E-state index is 12.7. The fraction of sp³-hybridized carbons (Fsp3) is 0.222. The highest BCUT2D eigenvalue weighted by Gasteiger charge is 2.64. The Morgan fingerprint density at radius 2 is 1.85 bits per heavy atom. The first kappa shape index (κ1) is 16.9. The maximum Gasteiger partial charge on any atom is 0.416 e. The van der Waals surface area contributed by atoms with Gasteiger partial charge >= 0.3 is 12.1 Å². The molecule has 0 heterocycles. The molecule has 4 nitrogen and oxygen atoms in total. The molecule has 0 amide bonds. The second kappa shape index (κ2) is 5.48. The van der Waals surface area contributed by atoms with Gasteiger partial charge in [-0.3, -0.25) is 9.59 Å². The van der Waals surface area contributed by atoms with Gasteiger partial charge in [0.25, 0.3) is 0 Å². The van der Waals surface area contributed by atoms with Crippen LogP contribution in [0.1, 0.15) is 27.4 Å². The minimum Gasteiger partial charge on any atom is -0.481 e. The number of rotatable bonds is 3. The van der Waals surface area contributed by atoms with E-state index in [9.17, 15) is 22.8 Å². The third kappa shape index (κ3) is 2.54. The highest BCUT2D eigenvalue weighted by atomic mass is 35.5. The predicted molar refractivity (Wildman–Crippen MR) is 84.7 cm³/mol. The molecule has 2 aliphatic carbocycles. The van der Waals surface area contributed by atoms with Gasteiger partial charge in [-0.15, -0.1) is 0 Å². The van der Waals surface area contributed by atoms with Crippen molar-refractivity contribution in [3.05, 3.63) is 58.1 Å². The molecule has 4 rings (SSSR count). The molecule has 0 bridgehead atoms. The molecule has 26 heavy (non-hydrogen) atoms. The van der Waals surface area contributed by atoms with E-state index in [2.05, 4.69) is 0 Å². The van der Waals surface area contributed by atoms with Gasteiger partial charge in [0.05, 0.1) is 16.5 Å². The highest BCUT2D eigenvalue weighted by Crippen LogP contribution is 2.61. The van der Waals surface area contributed by atoms with Gasteiger partial charge in [-0.1, -0.05) is 17.7 Å². The van der Waals surface area contributed by atoms with Crippen LogP contribution in [0.2, 0.25) is 5.02 Å². The van der Waals surface area contributed by atoms with Gasteiger partial charge in [0.2, 0.25) is 0 Å². The highest BCUT2D eigenvalue weighted by molar-refractivity contribution is 6.32. The molecule has 2 aromatic rings. The van der Waals surface area contributed by atoms with Crippen molar-refractivity contribution < 1.29 is 32.6 Å². The number of alkyl halides is 3. The summed E-state index contributed by atoms with van der Waals surface area (Å²) in [5.74, 6) is -2.49. The van der Waals surface area contributed by atoms with Crippen LogP contribution in [-0.4, -0.2) is 16.9 Å². The third-order valence-corrected chi connectivity index (χ3v) is 5.04. The number of hydrogen-bond donors (Lipinski definition) is 1. The number of carbonyl (C=O) groups excluding carboxylic acids is 1. The number of ether oxygens (including phenoxy) is 1. The Bertz CT molecular complexity index is 954. The number of fused-ring (bicyclic) bond motifs is 3. The van der Waals surface area contributed by atoms with Gasteiger partial charge < -0.3 is 9.84 Å². The lowest BCUT2D eigenvalue weighted by Gasteiger charge is -2.12. The number of benzene rings is 2. The molecule has 8 heteroatoms. The van der Waals surface area contributed by atoms with E-state index < -0.39 is 29.5 Å². The Hall–Kier alpha value is -2.54. The monoisotopic (exact) mass is 382 g/mol. The molecule has 2 aliphatic rings. The van der Waals surface area contributed by atoms with Crippen molar-refractivity contribution in [3.63, 3.8) is 0 Å². The van der Waals surface area contributed by atoms with Crippen molar-refractivity contribution in [2.75, 3.05) is 0 Å². The second-order valence-corrected chi connectivity index (χ2v) is 6.68. The molecular weight excluding hydrogens is 373 g/mol. The Kier molecular flexibility index (Phi) is 3.56. The van der Waals surface area contributed by atoms with Crippen LogP contribution in [0.5, 0.6) is 11.5 Å². The number of aliphatic carboxylic acids is 1. The molecule has 0 spiro atoms. The van der Waals surface area contributed by atoms with Crippen LogP contribution in [0.25, 0.3) is 0 Å². The maximum atomic E-state index is 12.7. The number of hydrogen-bond acceptors (Lipinski definition) is 3. The molecule has 0 aliphatic heterocycles. The zero-order valence-electron chi connectivity index (χ0n) is 12.9. The smallest absolute Gasteiger partial charge is 0.416 e. The van der Waals surface area contributed by atoms with Crippen molar-refractivity contribution in [3.8, 4) is 11.5 Å². The van der Waals surface area contributed by atoms with Gasteiger partial charge in [0.1, 0.15) is 11.5 Å². The quantitative estimate of drug-likeness (QED) is 0.831. The molecule has 1 unspecified atom stereocenters. The molecular formula is C18H10ClF3O4. The molecule has 1 N–H and O–H groups in total. The summed E-state index contributed by atoms with van der Waals surface area (Å²) in [5.41, 5.74) is 0.162. The largest absolute Gasteiger partial charge is 0.481 e. The summed E-state index contributed by atoms with van der Waals surface area (Å²) in [6.45, 7) is 0. The molecule has 3 atom stereocenters. The first-order valence-corrected chi connectivity index (χ1v) is 8.02. The Balaban J connectivity index is 1.59. The summed E-state index contributed by atoms with van der Waals surface area (Å²) < 4.78 is 43.5. The number of carboxylic acids is 1. The predicted octanol–water partition coefficient (Wildman–Crippen LogP) is 4.76. The van der Waals surface area contributed by atoms with Crippen molar-refractivity contribution >= 4 is 23.4 Å². The molecule has 0 aromatic heterocycles. The standard InChI is InChI=1S/C18H10ClF3O4/c19-11-5-7(18(20,21)22)1-4-12(11)26-8-2-3-9-10(6-8)16(23)14-13(9)15(14)17(24)25/h1-6,13-15H,(H,24,25)/t13?,14-,15-/m1/s1. The molecule has 2 aromatic carbocycles. The van der Waals surface area contributed by atoms with Crippen LogP contribution >= 0.6 is 11.6 Å². The first-order valence-electron chi connectivity index (χ1n) is 7.64. The Labute approximate surface area is 150 Å². The number of Topliss-reactive ketones (excluding diaryl/α,β-unsaturated/α-hetero) is 1. The molecule has 0 saturated heterocycles. The summed E-state index contributed by atoms with van der Waals surface area (Å²) in [7, 11) is 0. The number of carboxylic acid groups (broad SMARTS) is 1. The van der Waals surface area contributed by atoms with Gasteiger partial charge in [-0.25, -0.2) is 0 Å². The lowest BCUT2D eigenvalue weighted by molar-refractivity contribution is -0.139. The summed E-state index contributed by atoms with van der Waals surface area (Å²) in [5, 5.41) is 8.88. The fourth-order valence-electron chi connectivity index (χ4n) is 3.50. The minimum atomic E-state index is -4.51. The van der Waals surface area contributed by atoms with Crippen molar-refractivity contribution in [1.29, 1.82) is 0 Å². The summed E-state index contributed by atoms with van der Waals surface area (Å²) in [6, 6.07) is 7.36. The van der Waals surface area contributed by atoms with Gasteiger partial charge in [-0.05, 0) is 35.9 Å². The average Bonchev–Trinajstić information content (AvgIpc) is 3.24. The molecule has 1 saturated carbocycles. The molecule has 134 valence electrons. The lowest BCUT2D eigenvalue weighted by Crippen LogP contribution is -2.10. The van der Waals surface area contributed by atoms with E-state index in [0.29, 0.717) is 11.1 Å². The van der Waals surface area contributed by atoms with E-state index >= 15 is 0 Å². The fourth-order valence-corrected chi connectivity index (χ4v) is 3.72. The third-order valence-electron chi connectivity index (χ3n) is 4.74. The SMILES string of the molecule is O=C(O)[C@@H]1C2c3ccc(Oc4ccc(C(F)(F)F)cc4Cl)cc3C(=O)[C@H]21. The van der Waals surface area contributed by atoms with E-state index in [1.54, 1.807) is 12.1 Å².